The van der Waals surface area contributed by atoms with E-state index >= 15 is 0 Å². The van der Waals surface area contributed by atoms with E-state index in [1.807, 2.05) is 0 Å². The summed E-state index contributed by atoms with van der Waals surface area (Å²) in [7, 11) is 1.55. The van der Waals surface area contributed by atoms with E-state index in [9.17, 15) is 9.59 Å². The summed E-state index contributed by atoms with van der Waals surface area (Å²) in [5, 5.41) is 11.9. The third kappa shape index (κ3) is 3.89. The summed E-state index contributed by atoms with van der Waals surface area (Å²) in [4.78, 5) is 28.9. The molecular formula is C13H15ClN4O4. The second kappa shape index (κ2) is 7.32. The second-order valence-corrected chi connectivity index (χ2v) is 4.14. The number of carbonyl (C=O) groups excluding carboxylic acids is 1. The maximum absolute atomic E-state index is 11.9. The average molecular weight is 327 g/mol. The highest BCUT2D eigenvalue weighted by Gasteiger charge is 2.12. The number of nitrogens with zero attached hydrogens (tertiary/aromatic N) is 1. The van der Waals surface area contributed by atoms with Crippen LogP contribution >= 0.6 is 12.4 Å². The van der Waals surface area contributed by atoms with Crippen LogP contribution in [0.1, 0.15) is 10.5 Å². The van der Waals surface area contributed by atoms with Gasteiger partial charge in [0.25, 0.3) is 5.91 Å². The van der Waals surface area contributed by atoms with Gasteiger partial charge in [-0.15, -0.1) is 12.4 Å². The molecule has 118 valence electrons. The number of nitrogens with two attached hydrogens (primary N) is 1. The molecule has 0 unspecified atom stereocenters. The molecule has 5 N–H and O–H groups in total. The van der Waals surface area contributed by atoms with E-state index in [2.05, 4.69) is 15.3 Å². The number of aromatic nitrogens is 1. The van der Waals surface area contributed by atoms with Gasteiger partial charge in [0.1, 0.15) is 11.4 Å². The number of benzene rings is 1. The number of nitrogens with one attached hydrogen (secondary N) is 2. The summed E-state index contributed by atoms with van der Waals surface area (Å²) < 4.78 is 5.16. The Morgan fingerprint density at radius 1 is 1.45 bits per heavy atom. The molecule has 2 rings (SSSR count). The van der Waals surface area contributed by atoms with Crippen molar-refractivity contribution in [2.24, 2.45) is 10.7 Å². The summed E-state index contributed by atoms with van der Waals surface area (Å²) in [6.07, 6.45) is 0. The smallest absolute Gasteiger partial charge is 0.341 e. The Hall–Kier alpha value is -2.74. The number of carboxylic acid groups (broad SMARTS) is 1. The molecule has 0 fully saturated rings. The second-order valence-electron chi connectivity index (χ2n) is 4.14. The predicted molar refractivity (Wildman–Crippen MR) is 83.7 cm³/mol. The predicted octanol–water partition coefficient (Wildman–Crippen LogP) is 0.727. The van der Waals surface area contributed by atoms with Crippen LogP contribution < -0.4 is 15.8 Å². The molecule has 0 saturated carbocycles. The lowest BCUT2D eigenvalue weighted by Crippen LogP contribution is -2.28. The molecule has 8 nitrogen and oxygen atoms in total. The average Bonchev–Trinajstić information content (AvgIpc) is 2.89. The molecule has 1 amide bonds. The van der Waals surface area contributed by atoms with Gasteiger partial charge in [-0.1, -0.05) is 12.1 Å². The van der Waals surface area contributed by atoms with Crippen molar-refractivity contribution in [3.8, 4) is 5.75 Å². The van der Waals surface area contributed by atoms with Gasteiger partial charge >= 0.3 is 5.97 Å². The Labute approximate surface area is 131 Å². The van der Waals surface area contributed by atoms with Gasteiger partial charge in [-0.2, -0.15) is 4.99 Å². The van der Waals surface area contributed by atoms with Crippen molar-refractivity contribution in [3.63, 3.8) is 0 Å². The summed E-state index contributed by atoms with van der Waals surface area (Å²) in [5.74, 6) is -1.27. The van der Waals surface area contributed by atoms with Crippen LogP contribution in [0.2, 0.25) is 0 Å². The van der Waals surface area contributed by atoms with Gasteiger partial charge in [-0.25, -0.2) is 4.79 Å². The lowest BCUT2D eigenvalue weighted by atomic mass is 10.2. The van der Waals surface area contributed by atoms with Crippen molar-refractivity contribution in [3.05, 3.63) is 30.0 Å². The number of aromatic amines is 1. The van der Waals surface area contributed by atoms with Crippen molar-refractivity contribution in [2.45, 2.75) is 0 Å². The number of halogens is 1. The van der Waals surface area contributed by atoms with Crippen LogP contribution in [0.25, 0.3) is 10.9 Å². The molecule has 2 aromatic rings. The first kappa shape index (κ1) is 17.3. The molecule has 0 radical (unpaired) electrons. The fourth-order valence-corrected chi connectivity index (χ4v) is 1.73. The minimum Gasteiger partial charge on any atom is -0.480 e. The van der Waals surface area contributed by atoms with Gasteiger partial charge in [0.2, 0.25) is 0 Å². The molecule has 1 aromatic heterocycles. The zero-order valence-electron chi connectivity index (χ0n) is 11.6. The van der Waals surface area contributed by atoms with E-state index in [1.165, 1.54) is 0 Å². The third-order valence-corrected chi connectivity index (χ3v) is 2.68. The van der Waals surface area contributed by atoms with Crippen LogP contribution in [0.3, 0.4) is 0 Å². The summed E-state index contributed by atoms with van der Waals surface area (Å²) in [6, 6.07) is 6.67. The number of aliphatic carboxylic acids is 1. The monoisotopic (exact) mass is 326 g/mol. The Balaban J connectivity index is 0.00000242. The number of amides is 1. The summed E-state index contributed by atoms with van der Waals surface area (Å²) in [6.45, 7) is -0.466. The highest BCUT2D eigenvalue weighted by molar-refractivity contribution is 6.04. The largest absolute Gasteiger partial charge is 0.480 e. The number of hydrogen-bond acceptors (Lipinski definition) is 3. The Morgan fingerprint density at radius 2 is 2.18 bits per heavy atom. The van der Waals surface area contributed by atoms with E-state index in [-0.39, 0.29) is 24.1 Å². The van der Waals surface area contributed by atoms with Gasteiger partial charge in [-0.05, 0) is 12.1 Å². The highest BCUT2D eigenvalue weighted by atomic mass is 35.5. The third-order valence-electron chi connectivity index (χ3n) is 2.68. The van der Waals surface area contributed by atoms with Crippen LogP contribution in [0.15, 0.2) is 29.3 Å². The number of carbonyl (C=O) groups is 2. The number of rotatable bonds is 4. The van der Waals surface area contributed by atoms with Crippen molar-refractivity contribution in [1.29, 1.82) is 0 Å². The first-order chi connectivity index (χ1) is 10.0. The molecule has 0 aliphatic carbocycles. The van der Waals surface area contributed by atoms with Gasteiger partial charge in [-0.3, -0.25) is 4.79 Å². The number of guanidine groups is 1. The van der Waals surface area contributed by atoms with Gasteiger partial charge in [0.05, 0.1) is 5.52 Å². The van der Waals surface area contributed by atoms with Gasteiger partial charge in [0.15, 0.2) is 12.6 Å². The molecule has 0 bridgehead atoms. The van der Waals surface area contributed by atoms with E-state index in [0.29, 0.717) is 16.7 Å². The fourth-order valence-electron chi connectivity index (χ4n) is 1.73. The first-order valence-electron chi connectivity index (χ1n) is 6.04. The van der Waals surface area contributed by atoms with Crippen LogP contribution in [-0.2, 0) is 4.79 Å². The molecular weight excluding hydrogens is 312 g/mol. The summed E-state index contributed by atoms with van der Waals surface area (Å²) >= 11 is 0. The Kier molecular flexibility index (Phi) is 5.76. The zero-order valence-corrected chi connectivity index (χ0v) is 12.4. The SMILES string of the molecule is CNC(N)=NC(=O)c1cc2cccc(OCC(=O)O)c2[nH]1.Cl. The minimum atomic E-state index is -1.08. The van der Waals surface area contributed by atoms with Crippen molar-refractivity contribution < 1.29 is 19.4 Å². The van der Waals surface area contributed by atoms with Gasteiger partial charge in [0, 0.05) is 12.4 Å². The zero-order chi connectivity index (χ0) is 15.4. The standard InChI is InChI=1S/C13H14N4O4.ClH/c1-15-13(14)17-12(20)8-5-7-3-2-4-9(11(7)16-8)21-6-10(18)19;/h2-5,16H,6H2,1H3,(H,18,19)(H3,14,15,17,20);1H. The molecule has 22 heavy (non-hydrogen) atoms. The topological polar surface area (TPSA) is 130 Å². The number of hydrogen-bond donors (Lipinski definition) is 4. The maximum atomic E-state index is 11.9. The normalized spacial score (nSPS) is 10.9. The molecule has 0 spiro atoms. The lowest BCUT2D eigenvalue weighted by molar-refractivity contribution is -0.139. The van der Waals surface area contributed by atoms with E-state index in [4.69, 9.17) is 15.6 Å². The maximum Gasteiger partial charge on any atom is 0.341 e. The molecule has 0 aliphatic rings. The fraction of sp³-hybridized carbons (Fsp3) is 0.154. The number of carboxylic acids is 1. The number of ether oxygens (including phenoxy) is 1. The van der Waals surface area contributed by atoms with E-state index in [1.54, 1.807) is 31.3 Å². The van der Waals surface area contributed by atoms with Crippen molar-refractivity contribution in [1.82, 2.24) is 10.3 Å². The molecule has 0 aliphatic heterocycles. The summed E-state index contributed by atoms with van der Waals surface area (Å²) in [5.41, 5.74) is 6.19. The van der Waals surface area contributed by atoms with E-state index in [0.717, 1.165) is 0 Å². The molecule has 1 heterocycles. The Morgan fingerprint density at radius 3 is 2.82 bits per heavy atom. The van der Waals surface area contributed by atoms with Gasteiger partial charge < -0.3 is 25.9 Å². The van der Waals surface area contributed by atoms with E-state index < -0.39 is 18.5 Å². The number of fused-ring (bicyclic) bond motifs is 1. The Bertz CT molecular complexity index is 726. The highest BCUT2D eigenvalue weighted by Crippen LogP contribution is 2.26. The quantitative estimate of drug-likeness (QED) is 0.484. The number of para-hydroxylation sites is 1. The lowest BCUT2D eigenvalue weighted by Gasteiger charge is -2.03. The van der Waals surface area contributed by atoms with Crippen LogP contribution in [0.4, 0.5) is 0 Å². The molecule has 1 aromatic carbocycles. The first-order valence-corrected chi connectivity index (χ1v) is 6.04. The van der Waals surface area contributed by atoms with Crippen molar-refractivity contribution >= 4 is 41.1 Å². The molecule has 9 heteroatoms. The van der Waals surface area contributed by atoms with Crippen molar-refractivity contribution in [2.75, 3.05) is 13.7 Å². The minimum absolute atomic E-state index is 0. The van der Waals surface area contributed by atoms with Crippen LogP contribution in [0, 0.1) is 0 Å². The molecule has 0 saturated heterocycles. The number of aliphatic imine (C=N–C) groups is 1. The van der Waals surface area contributed by atoms with Crippen LogP contribution in [0.5, 0.6) is 5.75 Å². The number of H-pyrrole nitrogens is 1. The molecule has 0 atom stereocenters. The van der Waals surface area contributed by atoms with Crippen LogP contribution in [-0.4, -0.2) is 41.6 Å².